The fraction of sp³-hybridized carbons (Fsp3) is 0.500. The number of aromatic nitrogens is 1. The molecule has 3 nitrogen and oxygen atoms in total. The van der Waals surface area contributed by atoms with Gasteiger partial charge in [-0.2, -0.15) is 0 Å². The van der Waals surface area contributed by atoms with Gasteiger partial charge in [-0.25, -0.2) is 4.98 Å². The maximum atomic E-state index is 11.0. The molecule has 1 heterocycles. The first kappa shape index (κ1) is 11.7. The summed E-state index contributed by atoms with van der Waals surface area (Å²) >= 11 is 0. The van der Waals surface area contributed by atoms with E-state index in [0.29, 0.717) is 5.56 Å². The average Bonchev–Trinajstić information content (AvgIpc) is 2.26. The van der Waals surface area contributed by atoms with Gasteiger partial charge in [-0.15, -0.1) is 0 Å². The summed E-state index contributed by atoms with van der Waals surface area (Å²) in [5.41, 5.74) is 0.669. The van der Waals surface area contributed by atoms with Crippen LogP contribution in [0, 0.1) is 0 Å². The van der Waals surface area contributed by atoms with Crippen LogP contribution in [0.2, 0.25) is 0 Å². The first-order chi connectivity index (χ1) is 7.15. The molecule has 0 bridgehead atoms. The molecule has 0 amide bonds. The smallest absolute Gasteiger partial charge is 0.161 e. The number of anilines is 1. The summed E-state index contributed by atoms with van der Waals surface area (Å²) in [7, 11) is 2.02. The molecule has 0 aliphatic heterocycles. The lowest BCUT2D eigenvalue weighted by molar-refractivity contribution is 0.101. The van der Waals surface area contributed by atoms with Crippen LogP contribution in [0.5, 0.6) is 0 Å². The molecule has 0 N–H and O–H groups in total. The quantitative estimate of drug-likeness (QED) is 0.694. The Morgan fingerprint density at radius 2 is 2.20 bits per heavy atom. The minimum atomic E-state index is 0.0604. The molecule has 0 radical (unpaired) electrons. The van der Waals surface area contributed by atoms with Gasteiger partial charge in [0.1, 0.15) is 5.82 Å². The number of unbranched alkanes of at least 4 members (excludes halogenated alkanes) is 1. The largest absolute Gasteiger partial charge is 0.360 e. The van der Waals surface area contributed by atoms with Crippen LogP contribution in [-0.4, -0.2) is 24.4 Å². The van der Waals surface area contributed by atoms with Crippen LogP contribution >= 0.6 is 0 Å². The third-order valence-electron chi connectivity index (χ3n) is 2.39. The van der Waals surface area contributed by atoms with Gasteiger partial charge in [-0.05, 0) is 25.5 Å². The molecule has 0 saturated carbocycles. The van der Waals surface area contributed by atoms with Crippen molar-refractivity contribution in [3.63, 3.8) is 0 Å². The van der Waals surface area contributed by atoms with E-state index in [2.05, 4.69) is 16.8 Å². The van der Waals surface area contributed by atoms with Crippen LogP contribution < -0.4 is 4.90 Å². The molecule has 1 aromatic heterocycles. The zero-order valence-electron chi connectivity index (χ0n) is 9.66. The van der Waals surface area contributed by atoms with Gasteiger partial charge in [-0.1, -0.05) is 13.3 Å². The van der Waals surface area contributed by atoms with Gasteiger partial charge in [0.2, 0.25) is 0 Å². The molecule has 0 aromatic carbocycles. The number of Topliss-reactive ketones (excluding diaryl/α,β-unsaturated/α-hetero) is 1. The van der Waals surface area contributed by atoms with Crippen molar-refractivity contribution in [1.82, 2.24) is 4.98 Å². The van der Waals surface area contributed by atoms with Crippen molar-refractivity contribution in [3.05, 3.63) is 23.9 Å². The summed E-state index contributed by atoms with van der Waals surface area (Å²) < 4.78 is 0. The lowest BCUT2D eigenvalue weighted by atomic mass is 10.2. The standard InChI is InChI=1S/C12H18N2O/c1-4-5-8-14(3)12-7-6-11(9-13-12)10(2)15/h6-7,9H,4-5,8H2,1-3H3. The van der Waals surface area contributed by atoms with Gasteiger partial charge in [0.05, 0.1) is 0 Å². The van der Waals surface area contributed by atoms with Crippen molar-refractivity contribution >= 4 is 11.6 Å². The Bertz CT molecular complexity index is 319. The van der Waals surface area contributed by atoms with Crippen LogP contribution in [0.4, 0.5) is 5.82 Å². The van der Waals surface area contributed by atoms with Crippen molar-refractivity contribution in [2.24, 2.45) is 0 Å². The van der Waals surface area contributed by atoms with Crippen molar-refractivity contribution in [1.29, 1.82) is 0 Å². The van der Waals surface area contributed by atoms with Gasteiger partial charge in [0, 0.05) is 25.4 Å². The van der Waals surface area contributed by atoms with Crippen LogP contribution in [-0.2, 0) is 0 Å². The van der Waals surface area contributed by atoms with Crippen molar-refractivity contribution in [2.45, 2.75) is 26.7 Å². The molecule has 0 saturated heterocycles. The highest BCUT2D eigenvalue weighted by atomic mass is 16.1. The van der Waals surface area contributed by atoms with E-state index in [4.69, 9.17) is 0 Å². The SMILES string of the molecule is CCCCN(C)c1ccc(C(C)=O)cn1. The molecule has 0 fully saturated rings. The molecule has 0 unspecified atom stereocenters. The minimum Gasteiger partial charge on any atom is -0.360 e. The second kappa shape index (κ2) is 5.49. The van der Waals surface area contributed by atoms with Crippen molar-refractivity contribution in [2.75, 3.05) is 18.5 Å². The van der Waals surface area contributed by atoms with Crippen LogP contribution in [0.1, 0.15) is 37.0 Å². The highest BCUT2D eigenvalue weighted by molar-refractivity contribution is 5.93. The van der Waals surface area contributed by atoms with E-state index < -0.39 is 0 Å². The summed E-state index contributed by atoms with van der Waals surface area (Å²) in [6, 6.07) is 3.72. The molecule has 1 rings (SSSR count). The first-order valence-electron chi connectivity index (χ1n) is 5.33. The maximum Gasteiger partial charge on any atom is 0.161 e. The number of rotatable bonds is 5. The van der Waals surface area contributed by atoms with Gasteiger partial charge >= 0.3 is 0 Å². The number of hydrogen-bond donors (Lipinski definition) is 0. The third-order valence-corrected chi connectivity index (χ3v) is 2.39. The normalized spacial score (nSPS) is 10.1. The van der Waals surface area contributed by atoms with E-state index in [9.17, 15) is 4.79 Å². The minimum absolute atomic E-state index is 0.0604. The molecular weight excluding hydrogens is 188 g/mol. The second-order valence-electron chi connectivity index (χ2n) is 3.74. The number of carbonyl (C=O) groups excluding carboxylic acids is 1. The molecule has 0 spiro atoms. The molecule has 0 atom stereocenters. The van der Waals surface area contributed by atoms with Crippen molar-refractivity contribution in [3.8, 4) is 0 Å². The zero-order chi connectivity index (χ0) is 11.3. The van der Waals surface area contributed by atoms with E-state index in [-0.39, 0.29) is 5.78 Å². The van der Waals surface area contributed by atoms with Gasteiger partial charge in [0.15, 0.2) is 5.78 Å². The highest BCUT2D eigenvalue weighted by Crippen LogP contribution is 2.10. The Labute approximate surface area is 91.1 Å². The lowest BCUT2D eigenvalue weighted by Gasteiger charge is -2.17. The van der Waals surface area contributed by atoms with E-state index >= 15 is 0 Å². The molecule has 82 valence electrons. The van der Waals surface area contributed by atoms with Gasteiger partial charge < -0.3 is 4.90 Å². The fourth-order valence-electron chi connectivity index (χ4n) is 1.33. The van der Waals surface area contributed by atoms with Gasteiger partial charge in [-0.3, -0.25) is 4.79 Å². The van der Waals surface area contributed by atoms with E-state index in [0.717, 1.165) is 18.8 Å². The maximum absolute atomic E-state index is 11.0. The topological polar surface area (TPSA) is 33.2 Å². The Morgan fingerprint density at radius 3 is 2.67 bits per heavy atom. The number of pyridine rings is 1. The predicted molar refractivity (Wildman–Crippen MR) is 62.4 cm³/mol. The van der Waals surface area contributed by atoms with Crippen LogP contribution in [0.25, 0.3) is 0 Å². The monoisotopic (exact) mass is 206 g/mol. The Morgan fingerprint density at radius 1 is 1.47 bits per heavy atom. The summed E-state index contributed by atoms with van der Waals surface area (Å²) in [6.07, 6.45) is 3.97. The summed E-state index contributed by atoms with van der Waals surface area (Å²) in [5.74, 6) is 0.985. The zero-order valence-corrected chi connectivity index (χ0v) is 9.66. The highest BCUT2D eigenvalue weighted by Gasteiger charge is 2.03. The van der Waals surface area contributed by atoms with Crippen molar-refractivity contribution < 1.29 is 4.79 Å². The fourth-order valence-corrected chi connectivity index (χ4v) is 1.33. The molecule has 3 heteroatoms. The van der Waals surface area contributed by atoms with E-state index in [1.165, 1.54) is 6.42 Å². The number of ketones is 1. The molecule has 15 heavy (non-hydrogen) atoms. The average molecular weight is 206 g/mol. The summed E-state index contributed by atoms with van der Waals surface area (Å²) in [5, 5.41) is 0. The molecule has 0 aliphatic carbocycles. The molecule has 1 aromatic rings. The predicted octanol–water partition coefficient (Wildman–Crippen LogP) is 2.52. The first-order valence-corrected chi connectivity index (χ1v) is 5.33. The Balaban J connectivity index is 2.66. The Hall–Kier alpha value is -1.38. The lowest BCUT2D eigenvalue weighted by Crippen LogP contribution is -2.19. The molecule has 0 aliphatic rings. The number of carbonyl (C=O) groups is 1. The number of nitrogens with zero attached hydrogens (tertiary/aromatic N) is 2. The van der Waals surface area contributed by atoms with E-state index in [1.807, 2.05) is 19.2 Å². The second-order valence-corrected chi connectivity index (χ2v) is 3.74. The Kier molecular flexibility index (Phi) is 4.28. The van der Waals surface area contributed by atoms with Crippen LogP contribution in [0.3, 0.4) is 0 Å². The summed E-state index contributed by atoms with van der Waals surface area (Å²) in [6.45, 7) is 4.72. The van der Waals surface area contributed by atoms with E-state index in [1.54, 1.807) is 13.1 Å². The summed E-state index contributed by atoms with van der Waals surface area (Å²) in [4.78, 5) is 17.4. The van der Waals surface area contributed by atoms with Crippen LogP contribution in [0.15, 0.2) is 18.3 Å². The number of hydrogen-bond acceptors (Lipinski definition) is 3. The third kappa shape index (κ3) is 3.35. The molecular formula is C12H18N2O. The van der Waals surface area contributed by atoms with Gasteiger partial charge in [0.25, 0.3) is 0 Å².